The fraction of sp³-hybridized carbons (Fsp3) is 0.500. The highest BCUT2D eigenvalue weighted by Gasteiger charge is 2.10. The molecule has 0 aromatic carbocycles. The number of aromatic nitrogens is 3. The zero-order valence-corrected chi connectivity index (χ0v) is 10.5. The maximum atomic E-state index is 4.32. The molecule has 0 radical (unpaired) electrons. The van der Waals surface area contributed by atoms with Gasteiger partial charge in [0.1, 0.15) is 0 Å². The molecular formula is C10H18N6. The van der Waals surface area contributed by atoms with Crippen LogP contribution in [0.1, 0.15) is 0 Å². The Kier molecular flexibility index (Phi) is 3.65. The van der Waals surface area contributed by atoms with Crippen LogP contribution in [-0.4, -0.2) is 50.2 Å². The Bertz CT molecular complexity index is 347. The molecule has 0 bridgehead atoms. The van der Waals surface area contributed by atoms with Gasteiger partial charge in [0.05, 0.1) is 0 Å². The van der Waals surface area contributed by atoms with E-state index in [-0.39, 0.29) is 0 Å². The molecule has 0 atom stereocenters. The number of hydrogen-bond donors (Lipinski definition) is 0. The van der Waals surface area contributed by atoms with Crippen molar-refractivity contribution in [3.8, 4) is 0 Å². The van der Waals surface area contributed by atoms with Crippen molar-refractivity contribution in [3.63, 3.8) is 0 Å². The van der Waals surface area contributed by atoms with E-state index in [0.717, 1.165) is 0 Å². The predicted octanol–water partition coefficient (Wildman–Crippen LogP) is 0.583. The van der Waals surface area contributed by atoms with Gasteiger partial charge in [-0.1, -0.05) is 6.58 Å². The van der Waals surface area contributed by atoms with Gasteiger partial charge in [0.15, 0.2) is 0 Å². The smallest absolute Gasteiger partial charge is 0.235 e. The summed E-state index contributed by atoms with van der Waals surface area (Å²) in [4.78, 5) is 18.4. The lowest BCUT2D eigenvalue weighted by atomic mass is 10.7. The van der Waals surface area contributed by atoms with E-state index in [4.69, 9.17) is 0 Å². The summed E-state index contributed by atoms with van der Waals surface area (Å²) in [6, 6.07) is 0. The van der Waals surface area contributed by atoms with E-state index in [2.05, 4.69) is 21.5 Å². The van der Waals surface area contributed by atoms with Gasteiger partial charge in [0.25, 0.3) is 0 Å². The molecule has 1 aromatic rings. The van der Waals surface area contributed by atoms with Crippen LogP contribution in [0.2, 0.25) is 0 Å². The summed E-state index contributed by atoms with van der Waals surface area (Å²) in [5.74, 6) is 1.84. The molecule has 0 spiro atoms. The third kappa shape index (κ3) is 2.59. The second-order valence-electron chi connectivity index (χ2n) is 3.82. The van der Waals surface area contributed by atoms with Gasteiger partial charge in [-0.15, -0.1) is 0 Å². The fourth-order valence-electron chi connectivity index (χ4n) is 0.983. The first kappa shape index (κ1) is 12.2. The van der Waals surface area contributed by atoms with Crippen molar-refractivity contribution < 1.29 is 0 Å². The van der Waals surface area contributed by atoms with Gasteiger partial charge in [0.2, 0.25) is 17.8 Å². The highest BCUT2D eigenvalue weighted by molar-refractivity contribution is 5.45. The molecule has 0 aliphatic carbocycles. The average molecular weight is 222 g/mol. The van der Waals surface area contributed by atoms with Gasteiger partial charge >= 0.3 is 0 Å². The van der Waals surface area contributed by atoms with Crippen LogP contribution in [-0.2, 0) is 0 Å². The van der Waals surface area contributed by atoms with Crippen molar-refractivity contribution in [1.29, 1.82) is 0 Å². The average Bonchev–Trinajstić information content (AvgIpc) is 2.27. The van der Waals surface area contributed by atoms with Crippen molar-refractivity contribution in [2.75, 3.05) is 49.9 Å². The van der Waals surface area contributed by atoms with Gasteiger partial charge < -0.3 is 14.7 Å². The van der Waals surface area contributed by atoms with Gasteiger partial charge in [-0.3, -0.25) is 0 Å². The number of rotatable bonds is 4. The molecule has 1 aromatic heterocycles. The molecule has 16 heavy (non-hydrogen) atoms. The lowest BCUT2D eigenvalue weighted by Gasteiger charge is -2.18. The first-order chi connectivity index (χ1) is 7.45. The summed E-state index contributed by atoms with van der Waals surface area (Å²) < 4.78 is 0. The summed E-state index contributed by atoms with van der Waals surface area (Å²) >= 11 is 0. The molecule has 0 N–H and O–H groups in total. The molecule has 0 saturated heterocycles. The Morgan fingerprint density at radius 3 is 1.50 bits per heavy atom. The Morgan fingerprint density at radius 2 is 1.19 bits per heavy atom. The summed E-state index contributed by atoms with van der Waals surface area (Å²) in [5, 5.41) is 0. The van der Waals surface area contributed by atoms with Crippen LogP contribution in [0.3, 0.4) is 0 Å². The fourth-order valence-corrected chi connectivity index (χ4v) is 0.983. The van der Waals surface area contributed by atoms with Crippen molar-refractivity contribution in [3.05, 3.63) is 12.8 Å². The minimum Gasteiger partial charge on any atom is -0.347 e. The van der Waals surface area contributed by atoms with Crippen LogP contribution in [0.5, 0.6) is 0 Å². The van der Waals surface area contributed by atoms with E-state index in [1.165, 1.54) is 0 Å². The largest absolute Gasteiger partial charge is 0.347 e. The molecule has 0 unspecified atom stereocenters. The summed E-state index contributed by atoms with van der Waals surface area (Å²) in [6.07, 6.45) is 1.66. The van der Waals surface area contributed by atoms with Crippen LogP contribution in [0.25, 0.3) is 0 Å². The molecule has 0 aliphatic rings. The second kappa shape index (κ2) is 4.78. The molecular weight excluding hydrogens is 204 g/mol. The molecule has 0 amide bonds. The maximum Gasteiger partial charge on any atom is 0.235 e. The zero-order valence-electron chi connectivity index (χ0n) is 10.5. The van der Waals surface area contributed by atoms with E-state index in [1.54, 1.807) is 11.1 Å². The second-order valence-corrected chi connectivity index (χ2v) is 3.82. The summed E-state index contributed by atoms with van der Waals surface area (Å²) in [7, 11) is 9.43. The standard InChI is InChI=1S/C10H18N6/c1-7-16(6)10-12-8(14(2)3)11-9(13-10)15(4)5/h7H,1H2,2-6H3. The highest BCUT2D eigenvalue weighted by Crippen LogP contribution is 2.15. The van der Waals surface area contributed by atoms with Crippen molar-refractivity contribution in [2.45, 2.75) is 0 Å². The van der Waals surface area contributed by atoms with E-state index in [0.29, 0.717) is 17.8 Å². The Balaban J connectivity index is 3.23. The monoisotopic (exact) mass is 222 g/mol. The van der Waals surface area contributed by atoms with E-state index in [1.807, 2.05) is 45.0 Å². The number of nitrogens with zero attached hydrogens (tertiary/aromatic N) is 6. The van der Waals surface area contributed by atoms with Crippen LogP contribution >= 0.6 is 0 Å². The third-order valence-corrected chi connectivity index (χ3v) is 1.99. The Labute approximate surface area is 96.2 Å². The highest BCUT2D eigenvalue weighted by atomic mass is 15.4. The normalized spacial score (nSPS) is 9.81. The Hall–Kier alpha value is -1.85. The van der Waals surface area contributed by atoms with Crippen molar-refractivity contribution in [1.82, 2.24) is 15.0 Å². The quantitative estimate of drug-likeness (QED) is 0.743. The lowest BCUT2D eigenvalue weighted by Crippen LogP contribution is -2.22. The molecule has 0 aliphatic heterocycles. The van der Waals surface area contributed by atoms with Crippen LogP contribution in [0, 0.1) is 0 Å². The molecule has 1 heterocycles. The van der Waals surface area contributed by atoms with Crippen LogP contribution < -0.4 is 14.7 Å². The van der Waals surface area contributed by atoms with Gasteiger partial charge in [-0.2, -0.15) is 15.0 Å². The summed E-state index contributed by atoms with van der Waals surface area (Å²) in [6.45, 7) is 3.68. The van der Waals surface area contributed by atoms with Crippen molar-refractivity contribution >= 4 is 17.8 Å². The van der Waals surface area contributed by atoms with Gasteiger partial charge in [0, 0.05) is 35.2 Å². The SMILES string of the molecule is C=CN(C)c1nc(N(C)C)nc(N(C)C)n1. The van der Waals surface area contributed by atoms with Crippen molar-refractivity contribution in [2.24, 2.45) is 0 Å². The molecule has 0 fully saturated rings. The minimum atomic E-state index is 0.581. The zero-order chi connectivity index (χ0) is 12.3. The predicted molar refractivity (Wildman–Crippen MR) is 67.1 cm³/mol. The Morgan fingerprint density at radius 1 is 0.812 bits per heavy atom. The first-order valence-corrected chi connectivity index (χ1v) is 4.91. The minimum absolute atomic E-state index is 0.581. The molecule has 6 heteroatoms. The molecule has 0 saturated carbocycles. The first-order valence-electron chi connectivity index (χ1n) is 4.91. The number of hydrogen-bond acceptors (Lipinski definition) is 6. The topological polar surface area (TPSA) is 48.4 Å². The van der Waals surface area contributed by atoms with E-state index < -0.39 is 0 Å². The van der Waals surface area contributed by atoms with E-state index >= 15 is 0 Å². The van der Waals surface area contributed by atoms with E-state index in [9.17, 15) is 0 Å². The maximum absolute atomic E-state index is 4.32. The van der Waals surface area contributed by atoms with Gasteiger partial charge in [-0.05, 0) is 6.20 Å². The third-order valence-electron chi connectivity index (χ3n) is 1.99. The number of anilines is 3. The lowest BCUT2D eigenvalue weighted by molar-refractivity contribution is 0.896. The molecule has 6 nitrogen and oxygen atoms in total. The molecule has 1 rings (SSSR count). The molecule has 88 valence electrons. The van der Waals surface area contributed by atoms with Crippen LogP contribution in [0.4, 0.5) is 17.8 Å². The van der Waals surface area contributed by atoms with Gasteiger partial charge in [-0.25, -0.2) is 0 Å². The summed E-state index contributed by atoms with van der Waals surface area (Å²) in [5.41, 5.74) is 0. The van der Waals surface area contributed by atoms with Crippen LogP contribution in [0.15, 0.2) is 12.8 Å².